The van der Waals surface area contributed by atoms with Gasteiger partial charge >= 0.3 is 5.97 Å². The quantitative estimate of drug-likeness (QED) is 0.462. The number of hydrogen-bond donors (Lipinski definition) is 1. The SMILES string of the molecule is CCOC(=O)/C=C(/C)C(N)=O. The summed E-state index contributed by atoms with van der Waals surface area (Å²) in [6.07, 6.45) is 1.08. The van der Waals surface area contributed by atoms with Gasteiger partial charge in [-0.15, -0.1) is 0 Å². The molecule has 62 valence electrons. The van der Waals surface area contributed by atoms with Crippen LogP contribution in [0.15, 0.2) is 11.6 Å². The average molecular weight is 157 g/mol. The van der Waals surface area contributed by atoms with Gasteiger partial charge in [0.05, 0.1) is 6.61 Å². The van der Waals surface area contributed by atoms with Crippen molar-refractivity contribution >= 4 is 11.9 Å². The minimum atomic E-state index is -0.613. The second-order valence-corrected chi connectivity index (χ2v) is 1.94. The van der Waals surface area contributed by atoms with Crippen molar-refractivity contribution in [1.29, 1.82) is 0 Å². The highest BCUT2D eigenvalue weighted by atomic mass is 16.5. The molecule has 0 bridgehead atoms. The predicted molar refractivity (Wildman–Crippen MR) is 39.6 cm³/mol. The van der Waals surface area contributed by atoms with Gasteiger partial charge in [-0.3, -0.25) is 4.79 Å². The Morgan fingerprint density at radius 1 is 1.55 bits per heavy atom. The van der Waals surface area contributed by atoms with Gasteiger partial charge in [0.25, 0.3) is 0 Å². The standard InChI is InChI=1S/C7H11NO3/c1-3-11-6(9)4-5(2)7(8)10/h4H,3H2,1-2H3,(H2,8,10)/b5-4-. The lowest BCUT2D eigenvalue weighted by Gasteiger charge is -1.96. The van der Waals surface area contributed by atoms with Crippen molar-refractivity contribution in [3.05, 3.63) is 11.6 Å². The molecule has 0 aliphatic heterocycles. The Balaban J connectivity index is 4.08. The number of amides is 1. The lowest BCUT2D eigenvalue weighted by atomic mass is 10.3. The minimum Gasteiger partial charge on any atom is -0.463 e. The zero-order valence-electron chi connectivity index (χ0n) is 6.59. The van der Waals surface area contributed by atoms with Crippen molar-refractivity contribution in [2.45, 2.75) is 13.8 Å². The second kappa shape index (κ2) is 4.49. The number of primary amides is 1. The molecule has 0 aromatic heterocycles. The predicted octanol–water partition coefficient (Wildman–Crippen LogP) is -0.0189. The summed E-state index contributed by atoms with van der Waals surface area (Å²) >= 11 is 0. The number of ether oxygens (including phenoxy) is 1. The van der Waals surface area contributed by atoms with Gasteiger partial charge in [0.1, 0.15) is 0 Å². The maximum absolute atomic E-state index is 10.7. The Morgan fingerprint density at radius 2 is 2.09 bits per heavy atom. The van der Waals surface area contributed by atoms with Gasteiger partial charge in [0, 0.05) is 11.6 Å². The Kier molecular flexibility index (Phi) is 3.95. The lowest BCUT2D eigenvalue weighted by Crippen LogP contribution is -2.13. The van der Waals surface area contributed by atoms with E-state index in [1.165, 1.54) is 6.92 Å². The molecule has 11 heavy (non-hydrogen) atoms. The third-order valence-corrected chi connectivity index (χ3v) is 1.01. The molecule has 0 saturated carbocycles. The third-order valence-electron chi connectivity index (χ3n) is 1.01. The van der Waals surface area contributed by atoms with Crippen LogP contribution in [0.3, 0.4) is 0 Å². The molecule has 0 aliphatic rings. The molecule has 2 N–H and O–H groups in total. The monoisotopic (exact) mass is 157 g/mol. The van der Waals surface area contributed by atoms with E-state index >= 15 is 0 Å². The van der Waals surface area contributed by atoms with Gasteiger partial charge in [-0.1, -0.05) is 0 Å². The van der Waals surface area contributed by atoms with Crippen molar-refractivity contribution < 1.29 is 14.3 Å². The van der Waals surface area contributed by atoms with Gasteiger partial charge in [-0.2, -0.15) is 0 Å². The van der Waals surface area contributed by atoms with Crippen molar-refractivity contribution in [3.8, 4) is 0 Å². The zero-order valence-corrected chi connectivity index (χ0v) is 6.59. The molecule has 0 fully saturated rings. The molecule has 0 aliphatic carbocycles. The summed E-state index contributed by atoms with van der Waals surface area (Å²) in [5.41, 5.74) is 5.06. The van der Waals surface area contributed by atoms with E-state index in [4.69, 9.17) is 5.73 Å². The van der Waals surface area contributed by atoms with Crippen LogP contribution in [-0.2, 0) is 14.3 Å². The van der Waals surface area contributed by atoms with Gasteiger partial charge < -0.3 is 10.5 Å². The van der Waals surface area contributed by atoms with E-state index in [1.807, 2.05) is 0 Å². The smallest absolute Gasteiger partial charge is 0.331 e. The highest BCUT2D eigenvalue weighted by Gasteiger charge is 2.01. The molecule has 0 aromatic carbocycles. The molecule has 0 heterocycles. The molecule has 0 rings (SSSR count). The first-order chi connectivity index (χ1) is 5.07. The van der Waals surface area contributed by atoms with E-state index in [9.17, 15) is 9.59 Å². The fourth-order valence-corrected chi connectivity index (χ4v) is 0.432. The van der Waals surface area contributed by atoms with Crippen LogP contribution in [0.1, 0.15) is 13.8 Å². The average Bonchev–Trinajstić information content (AvgIpc) is 1.87. The highest BCUT2D eigenvalue weighted by Crippen LogP contribution is 1.91. The Labute approximate surface area is 65.0 Å². The van der Waals surface area contributed by atoms with E-state index in [0.717, 1.165) is 6.08 Å². The fraction of sp³-hybridized carbons (Fsp3) is 0.429. The van der Waals surface area contributed by atoms with E-state index in [-0.39, 0.29) is 5.57 Å². The van der Waals surface area contributed by atoms with E-state index < -0.39 is 11.9 Å². The van der Waals surface area contributed by atoms with E-state index in [2.05, 4.69) is 4.74 Å². The number of esters is 1. The first-order valence-electron chi connectivity index (χ1n) is 3.22. The molecule has 0 radical (unpaired) electrons. The van der Waals surface area contributed by atoms with Crippen LogP contribution in [0.5, 0.6) is 0 Å². The number of nitrogens with two attached hydrogens (primary N) is 1. The molecule has 0 aromatic rings. The Hall–Kier alpha value is -1.32. The molecule has 0 unspecified atom stereocenters. The third kappa shape index (κ3) is 4.13. The van der Waals surface area contributed by atoms with Crippen LogP contribution in [-0.4, -0.2) is 18.5 Å². The first kappa shape index (κ1) is 9.68. The van der Waals surface area contributed by atoms with Crippen LogP contribution >= 0.6 is 0 Å². The Morgan fingerprint density at radius 3 is 2.45 bits per heavy atom. The number of hydrogen-bond acceptors (Lipinski definition) is 3. The van der Waals surface area contributed by atoms with Gasteiger partial charge in [0.15, 0.2) is 0 Å². The van der Waals surface area contributed by atoms with Crippen LogP contribution in [0, 0.1) is 0 Å². The molecule has 0 spiro atoms. The minimum absolute atomic E-state index is 0.198. The van der Waals surface area contributed by atoms with Crippen molar-refractivity contribution in [2.24, 2.45) is 5.73 Å². The second-order valence-electron chi connectivity index (χ2n) is 1.94. The number of carbonyl (C=O) groups excluding carboxylic acids is 2. The molecule has 0 saturated heterocycles. The van der Waals surface area contributed by atoms with Crippen molar-refractivity contribution in [3.63, 3.8) is 0 Å². The molecule has 1 amide bonds. The molecular formula is C7H11NO3. The lowest BCUT2D eigenvalue weighted by molar-refractivity contribution is -0.137. The maximum Gasteiger partial charge on any atom is 0.331 e. The van der Waals surface area contributed by atoms with Crippen molar-refractivity contribution in [2.75, 3.05) is 6.61 Å². The summed E-state index contributed by atoms with van der Waals surface area (Å²) in [6, 6.07) is 0. The summed E-state index contributed by atoms with van der Waals surface area (Å²) < 4.78 is 4.54. The largest absolute Gasteiger partial charge is 0.463 e. The van der Waals surface area contributed by atoms with E-state index in [1.54, 1.807) is 6.92 Å². The van der Waals surface area contributed by atoms with Crippen molar-refractivity contribution in [1.82, 2.24) is 0 Å². The van der Waals surface area contributed by atoms with Crippen LogP contribution in [0.4, 0.5) is 0 Å². The summed E-state index contributed by atoms with van der Waals surface area (Å²) in [5, 5.41) is 0. The number of rotatable bonds is 3. The Bertz CT molecular complexity index is 196. The number of carbonyl (C=O) groups is 2. The zero-order chi connectivity index (χ0) is 8.85. The first-order valence-corrected chi connectivity index (χ1v) is 3.22. The highest BCUT2D eigenvalue weighted by molar-refractivity contribution is 5.97. The molecule has 4 nitrogen and oxygen atoms in total. The summed E-state index contributed by atoms with van der Waals surface area (Å²) in [4.78, 5) is 21.0. The summed E-state index contributed by atoms with van der Waals surface area (Å²) in [5.74, 6) is -1.15. The molecule has 0 atom stereocenters. The molecular weight excluding hydrogens is 146 g/mol. The topological polar surface area (TPSA) is 69.4 Å². The van der Waals surface area contributed by atoms with Gasteiger partial charge in [-0.05, 0) is 13.8 Å². The fourth-order valence-electron chi connectivity index (χ4n) is 0.432. The van der Waals surface area contributed by atoms with Crippen LogP contribution in [0.25, 0.3) is 0 Å². The summed E-state index contributed by atoms with van der Waals surface area (Å²) in [7, 11) is 0. The van der Waals surface area contributed by atoms with Crippen LogP contribution in [0.2, 0.25) is 0 Å². The van der Waals surface area contributed by atoms with Crippen LogP contribution < -0.4 is 5.73 Å². The molecule has 4 heteroatoms. The summed E-state index contributed by atoms with van der Waals surface area (Å²) in [6.45, 7) is 3.44. The van der Waals surface area contributed by atoms with Gasteiger partial charge in [0.2, 0.25) is 5.91 Å². The maximum atomic E-state index is 10.7. The normalized spacial score (nSPS) is 10.9. The van der Waals surface area contributed by atoms with E-state index in [0.29, 0.717) is 6.61 Å². The van der Waals surface area contributed by atoms with Gasteiger partial charge in [-0.25, -0.2) is 4.79 Å².